The van der Waals surface area contributed by atoms with Crippen molar-refractivity contribution in [1.82, 2.24) is 0 Å². The van der Waals surface area contributed by atoms with Crippen molar-refractivity contribution < 1.29 is 0 Å². The Hall–Kier alpha value is -0.300. The first-order chi connectivity index (χ1) is 13.3. The fraction of sp³-hybridized carbons (Fsp3) is 0.923. The lowest BCUT2D eigenvalue weighted by Crippen LogP contribution is -2.19. The fourth-order valence-corrected chi connectivity index (χ4v) is 3.81. The van der Waals surface area contributed by atoms with Gasteiger partial charge in [-0.1, -0.05) is 122 Å². The topological polar surface area (TPSA) is 26.0 Å². The first-order valence-corrected chi connectivity index (χ1v) is 12.7. The lowest BCUT2D eigenvalue weighted by atomic mass is 10.0. The zero-order valence-corrected chi connectivity index (χ0v) is 19.2. The third kappa shape index (κ3) is 23.7. The quantitative estimate of drug-likeness (QED) is 0.147. The van der Waals surface area contributed by atoms with Gasteiger partial charge in [0.15, 0.2) is 0 Å². The zero-order valence-electron chi connectivity index (χ0n) is 19.2. The number of unbranched alkanes of at least 4 members (excludes halogenated alkanes) is 16. The summed E-state index contributed by atoms with van der Waals surface area (Å²) < 4.78 is 0. The van der Waals surface area contributed by atoms with Crippen LogP contribution in [0.5, 0.6) is 0 Å². The van der Waals surface area contributed by atoms with Crippen molar-refractivity contribution in [3.8, 4) is 0 Å². The Morgan fingerprint density at radius 2 is 0.815 bits per heavy atom. The van der Waals surface area contributed by atoms with E-state index >= 15 is 0 Å². The Balaban J connectivity index is 3.18. The van der Waals surface area contributed by atoms with Gasteiger partial charge in [0.1, 0.15) is 0 Å². The van der Waals surface area contributed by atoms with Crippen LogP contribution in [-0.4, -0.2) is 6.04 Å². The maximum Gasteiger partial charge on any atom is 0.00388 e. The van der Waals surface area contributed by atoms with Crippen molar-refractivity contribution in [2.75, 3.05) is 0 Å². The average Bonchev–Trinajstić information content (AvgIpc) is 2.67. The van der Waals surface area contributed by atoms with Crippen molar-refractivity contribution in [1.29, 1.82) is 0 Å². The van der Waals surface area contributed by atoms with Gasteiger partial charge < -0.3 is 5.73 Å². The van der Waals surface area contributed by atoms with Crippen molar-refractivity contribution in [2.45, 2.75) is 155 Å². The summed E-state index contributed by atoms with van der Waals surface area (Å²) in [6.45, 7) is 4.57. The monoisotopic (exact) mass is 379 g/mol. The number of rotatable bonds is 22. The van der Waals surface area contributed by atoms with E-state index in [0.717, 1.165) is 0 Å². The predicted molar refractivity (Wildman–Crippen MR) is 125 cm³/mol. The van der Waals surface area contributed by atoms with Crippen LogP contribution in [0.2, 0.25) is 0 Å². The summed E-state index contributed by atoms with van der Waals surface area (Å²) in [7, 11) is 0. The van der Waals surface area contributed by atoms with Crippen LogP contribution in [0.1, 0.15) is 149 Å². The Kier molecular flexibility index (Phi) is 23.5. The SMILES string of the molecule is CCCCCCCCC=CCCCCCCCC(N)CCCCCCCC. The molecule has 0 aromatic carbocycles. The lowest BCUT2D eigenvalue weighted by Gasteiger charge is -2.11. The van der Waals surface area contributed by atoms with Crippen LogP contribution in [-0.2, 0) is 0 Å². The smallest absolute Gasteiger partial charge is 0.00388 e. The molecule has 0 rings (SSSR count). The summed E-state index contributed by atoms with van der Waals surface area (Å²) in [6, 6.07) is 0.459. The highest BCUT2D eigenvalue weighted by Gasteiger charge is 2.02. The van der Waals surface area contributed by atoms with E-state index in [9.17, 15) is 0 Å². The minimum Gasteiger partial charge on any atom is -0.328 e. The van der Waals surface area contributed by atoms with Crippen molar-refractivity contribution in [2.24, 2.45) is 5.73 Å². The molecule has 0 bridgehead atoms. The average molecular weight is 380 g/mol. The molecule has 0 amide bonds. The molecule has 2 N–H and O–H groups in total. The van der Waals surface area contributed by atoms with Crippen molar-refractivity contribution in [3.05, 3.63) is 12.2 Å². The van der Waals surface area contributed by atoms with Gasteiger partial charge in [-0.25, -0.2) is 0 Å². The van der Waals surface area contributed by atoms with E-state index in [1.54, 1.807) is 0 Å². The summed E-state index contributed by atoms with van der Waals surface area (Å²) in [5.41, 5.74) is 6.26. The molecule has 1 atom stereocenters. The van der Waals surface area contributed by atoms with E-state index in [2.05, 4.69) is 26.0 Å². The van der Waals surface area contributed by atoms with Gasteiger partial charge in [0.05, 0.1) is 0 Å². The summed E-state index contributed by atoms with van der Waals surface area (Å²) in [4.78, 5) is 0. The molecule has 1 heteroatoms. The van der Waals surface area contributed by atoms with Crippen LogP contribution < -0.4 is 5.73 Å². The molecule has 27 heavy (non-hydrogen) atoms. The molecule has 162 valence electrons. The molecule has 0 aliphatic rings. The Morgan fingerprint density at radius 1 is 0.481 bits per heavy atom. The van der Waals surface area contributed by atoms with Crippen LogP contribution in [0.3, 0.4) is 0 Å². The molecule has 0 saturated carbocycles. The molecule has 0 aromatic heterocycles. The molecule has 0 radical (unpaired) electrons. The second-order valence-corrected chi connectivity index (χ2v) is 8.69. The van der Waals surface area contributed by atoms with Crippen LogP contribution in [0.4, 0.5) is 0 Å². The minimum absolute atomic E-state index is 0.459. The van der Waals surface area contributed by atoms with E-state index in [4.69, 9.17) is 5.73 Å². The second-order valence-electron chi connectivity index (χ2n) is 8.69. The number of allylic oxidation sites excluding steroid dienone is 2. The van der Waals surface area contributed by atoms with Crippen LogP contribution in [0.15, 0.2) is 12.2 Å². The molecular weight excluding hydrogens is 326 g/mol. The number of hydrogen-bond donors (Lipinski definition) is 1. The third-order valence-electron chi connectivity index (χ3n) is 5.77. The van der Waals surface area contributed by atoms with E-state index in [-0.39, 0.29) is 0 Å². The first-order valence-electron chi connectivity index (χ1n) is 12.7. The van der Waals surface area contributed by atoms with Gasteiger partial charge in [0.25, 0.3) is 0 Å². The third-order valence-corrected chi connectivity index (χ3v) is 5.77. The van der Waals surface area contributed by atoms with E-state index < -0.39 is 0 Å². The van der Waals surface area contributed by atoms with E-state index in [1.165, 1.54) is 135 Å². The highest BCUT2D eigenvalue weighted by Crippen LogP contribution is 2.13. The van der Waals surface area contributed by atoms with Gasteiger partial charge >= 0.3 is 0 Å². The van der Waals surface area contributed by atoms with Gasteiger partial charge in [-0.3, -0.25) is 0 Å². The van der Waals surface area contributed by atoms with Crippen LogP contribution in [0.25, 0.3) is 0 Å². The first kappa shape index (κ1) is 26.7. The van der Waals surface area contributed by atoms with Gasteiger partial charge in [-0.2, -0.15) is 0 Å². The molecule has 1 unspecified atom stereocenters. The normalized spacial score (nSPS) is 12.9. The zero-order chi connectivity index (χ0) is 19.8. The highest BCUT2D eigenvalue weighted by atomic mass is 14.6. The van der Waals surface area contributed by atoms with Gasteiger partial charge in [-0.15, -0.1) is 0 Å². The number of hydrogen-bond acceptors (Lipinski definition) is 1. The lowest BCUT2D eigenvalue weighted by molar-refractivity contribution is 0.484. The van der Waals surface area contributed by atoms with Gasteiger partial charge in [0.2, 0.25) is 0 Å². The summed E-state index contributed by atoms with van der Waals surface area (Å²) >= 11 is 0. The molecule has 0 aliphatic carbocycles. The maximum atomic E-state index is 6.26. The van der Waals surface area contributed by atoms with Gasteiger partial charge in [-0.05, 0) is 38.5 Å². The van der Waals surface area contributed by atoms with Gasteiger partial charge in [0, 0.05) is 6.04 Å². The Bertz CT molecular complexity index is 284. The molecule has 0 aliphatic heterocycles. The van der Waals surface area contributed by atoms with Crippen molar-refractivity contribution >= 4 is 0 Å². The molecule has 0 aromatic rings. The maximum absolute atomic E-state index is 6.26. The molecule has 1 nitrogen and oxygen atoms in total. The molecule has 0 fully saturated rings. The molecule has 0 heterocycles. The van der Waals surface area contributed by atoms with E-state index in [0.29, 0.717) is 6.04 Å². The Labute approximate surface area is 173 Å². The Morgan fingerprint density at radius 3 is 1.22 bits per heavy atom. The minimum atomic E-state index is 0.459. The van der Waals surface area contributed by atoms with Crippen LogP contribution >= 0.6 is 0 Å². The summed E-state index contributed by atoms with van der Waals surface area (Å²) in [5.74, 6) is 0. The van der Waals surface area contributed by atoms with E-state index in [1.807, 2.05) is 0 Å². The fourth-order valence-electron chi connectivity index (χ4n) is 3.81. The van der Waals surface area contributed by atoms with Crippen molar-refractivity contribution in [3.63, 3.8) is 0 Å². The molecule has 0 saturated heterocycles. The molecular formula is C26H53N. The van der Waals surface area contributed by atoms with Crippen LogP contribution in [0, 0.1) is 0 Å². The second kappa shape index (κ2) is 23.7. The number of nitrogens with two attached hydrogens (primary N) is 1. The summed E-state index contributed by atoms with van der Waals surface area (Å²) in [6.07, 6.45) is 33.5. The molecule has 0 spiro atoms. The predicted octanol–water partition coefficient (Wildman–Crippen LogP) is 9.10. The highest BCUT2D eigenvalue weighted by molar-refractivity contribution is 4.81. The largest absolute Gasteiger partial charge is 0.328 e. The summed E-state index contributed by atoms with van der Waals surface area (Å²) in [5, 5.41) is 0. The standard InChI is InChI=1S/C26H53N/c1-3-5-7-9-11-12-13-14-15-16-17-18-19-21-23-25-26(27)24-22-20-10-8-6-4-2/h14-15,26H,3-13,16-25,27H2,1-2H3.